The van der Waals surface area contributed by atoms with Crippen LogP contribution in [0.15, 0.2) is 35.4 Å². The van der Waals surface area contributed by atoms with E-state index in [1.807, 2.05) is 19.9 Å². The van der Waals surface area contributed by atoms with Crippen LogP contribution in [-0.2, 0) is 11.0 Å². The van der Waals surface area contributed by atoms with Crippen LogP contribution in [0.2, 0.25) is 0 Å². The highest BCUT2D eigenvalue weighted by Gasteiger charge is 2.32. The molecule has 0 bridgehead atoms. The zero-order chi connectivity index (χ0) is 27.4. The molecule has 2 atom stereocenters. The highest BCUT2D eigenvalue weighted by molar-refractivity contribution is 5.85. The maximum Gasteiger partial charge on any atom is 0.419 e. The Morgan fingerprint density at radius 3 is 2.45 bits per heavy atom. The number of benzene rings is 1. The topological polar surface area (TPSA) is 107 Å². The molecule has 0 radical (unpaired) electrons. The molecule has 9 nitrogen and oxygen atoms in total. The minimum Gasteiger partial charge on any atom is -0.339 e. The normalized spacial score (nSPS) is 15.6. The molecule has 1 aliphatic heterocycles. The Bertz CT molecular complexity index is 1420. The largest absolute Gasteiger partial charge is 0.419 e. The standard InChI is InChI=1S/C26H28F3N7O2/c1-4-5-18-6-7-20-21(13-18)23(33-34-24(20)38)17(3)32-16(2)12-22(37)35-8-10-36(11-9-35)25-30-14-19(15-31-25)26(27,28)29/h6-7,13-17,32H,8-12H2,1-3H3,(H,34,38). The molecule has 1 aromatic carbocycles. The number of piperazine rings is 1. The van der Waals surface area contributed by atoms with Crippen LogP contribution in [0.1, 0.15) is 50.1 Å². The first-order valence-corrected chi connectivity index (χ1v) is 12.2. The fourth-order valence-electron chi connectivity index (χ4n) is 4.48. The van der Waals surface area contributed by atoms with Gasteiger partial charge in [0.15, 0.2) is 0 Å². The molecule has 3 aromatic rings. The zero-order valence-electron chi connectivity index (χ0n) is 21.3. The van der Waals surface area contributed by atoms with Crippen molar-refractivity contribution in [2.45, 2.75) is 45.5 Å². The second-order valence-corrected chi connectivity index (χ2v) is 9.20. The van der Waals surface area contributed by atoms with E-state index in [0.29, 0.717) is 42.6 Å². The van der Waals surface area contributed by atoms with Gasteiger partial charge in [0.1, 0.15) is 0 Å². The van der Waals surface area contributed by atoms with Crippen LogP contribution < -0.4 is 15.8 Å². The van der Waals surface area contributed by atoms with Crippen molar-refractivity contribution in [3.63, 3.8) is 0 Å². The summed E-state index contributed by atoms with van der Waals surface area (Å²) in [5.41, 5.74) is 0.260. The quantitative estimate of drug-likeness (QED) is 0.475. The van der Waals surface area contributed by atoms with Crippen LogP contribution >= 0.6 is 0 Å². The Morgan fingerprint density at radius 2 is 1.82 bits per heavy atom. The van der Waals surface area contributed by atoms with E-state index in [-0.39, 0.29) is 35.9 Å². The molecule has 38 heavy (non-hydrogen) atoms. The smallest absolute Gasteiger partial charge is 0.339 e. The van der Waals surface area contributed by atoms with Crippen molar-refractivity contribution >= 4 is 22.6 Å². The fraction of sp³-hybridized carbons (Fsp3) is 0.423. The molecule has 1 amide bonds. The van der Waals surface area contributed by atoms with E-state index in [4.69, 9.17) is 0 Å². The summed E-state index contributed by atoms with van der Waals surface area (Å²) in [6, 6.07) is 4.93. The van der Waals surface area contributed by atoms with Gasteiger partial charge in [0.25, 0.3) is 5.56 Å². The fourth-order valence-corrected chi connectivity index (χ4v) is 4.48. The molecule has 2 N–H and O–H groups in total. The summed E-state index contributed by atoms with van der Waals surface area (Å²) in [5, 5.41) is 11.4. The van der Waals surface area contributed by atoms with E-state index in [1.54, 1.807) is 28.9 Å². The molecule has 0 saturated carbocycles. The Kier molecular flexibility index (Phi) is 7.97. The van der Waals surface area contributed by atoms with Gasteiger partial charge >= 0.3 is 6.18 Å². The van der Waals surface area contributed by atoms with Crippen molar-refractivity contribution in [1.29, 1.82) is 0 Å². The number of halogens is 3. The minimum absolute atomic E-state index is 0.0371. The zero-order valence-corrected chi connectivity index (χ0v) is 21.3. The highest BCUT2D eigenvalue weighted by Crippen LogP contribution is 2.28. The number of aromatic nitrogens is 4. The molecule has 0 spiro atoms. The molecule has 3 heterocycles. The Morgan fingerprint density at radius 1 is 1.13 bits per heavy atom. The number of aromatic amines is 1. The number of rotatable bonds is 6. The van der Waals surface area contributed by atoms with E-state index in [2.05, 4.69) is 37.3 Å². The van der Waals surface area contributed by atoms with Crippen LogP contribution in [0.3, 0.4) is 0 Å². The molecule has 2 unspecified atom stereocenters. The summed E-state index contributed by atoms with van der Waals surface area (Å²) < 4.78 is 38.2. The average Bonchev–Trinajstić information content (AvgIpc) is 2.88. The number of hydrogen-bond acceptors (Lipinski definition) is 7. The van der Waals surface area contributed by atoms with Crippen molar-refractivity contribution in [2.75, 3.05) is 31.1 Å². The number of amides is 1. The monoisotopic (exact) mass is 527 g/mol. The maximum absolute atomic E-state index is 12.9. The van der Waals surface area contributed by atoms with Crippen molar-refractivity contribution in [2.24, 2.45) is 0 Å². The van der Waals surface area contributed by atoms with Gasteiger partial charge in [-0.05, 0) is 39.0 Å². The van der Waals surface area contributed by atoms with Gasteiger partial charge < -0.3 is 15.1 Å². The molecular weight excluding hydrogens is 499 g/mol. The lowest BCUT2D eigenvalue weighted by Gasteiger charge is -2.35. The molecule has 200 valence electrons. The number of H-pyrrole nitrogens is 1. The first-order valence-electron chi connectivity index (χ1n) is 12.2. The lowest BCUT2D eigenvalue weighted by molar-refractivity contribution is -0.138. The van der Waals surface area contributed by atoms with Gasteiger partial charge in [-0.15, -0.1) is 5.92 Å². The first-order chi connectivity index (χ1) is 18.1. The van der Waals surface area contributed by atoms with Gasteiger partial charge in [-0.25, -0.2) is 15.1 Å². The number of nitrogens with zero attached hydrogens (tertiary/aromatic N) is 5. The van der Waals surface area contributed by atoms with Crippen LogP contribution in [0.25, 0.3) is 10.8 Å². The van der Waals surface area contributed by atoms with Crippen molar-refractivity contribution in [3.8, 4) is 11.8 Å². The Labute approximate surface area is 217 Å². The first kappa shape index (κ1) is 27.1. The molecular formula is C26H28F3N7O2. The van der Waals surface area contributed by atoms with Gasteiger partial charge in [-0.3, -0.25) is 9.59 Å². The van der Waals surface area contributed by atoms with Crippen LogP contribution in [0, 0.1) is 11.8 Å². The molecule has 2 aromatic heterocycles. The number of carbonyl (C=O) groups is 1. The SMILES string of the molecule is CC#Cc1ccc2c(=O)[nH]nc(C(C)NC(C)CC(=O)N3CCN(c4ncc(C(F)(F)F)cn4)CC3)c2c1. The molecule has 0 aliphatic carbocycles. The molecule has 1 saturated heterocycles. The van der Waals surface area contributed by atoms with Gasteiger partial charge in [-0.1, -0.05) is 5.92 Å². The summed E-state index contributed by atoms with van der Waals surface area (Å²) in [5.74, 6) is 6.02. The van der Waals surface area contributed by atoms with Gasteiger partial charge in [-0.2, -0.15) is 18.3 Å². The van der Waals surface area contributed by atoms with Crippen LogP contribution in [-0.4, -0.2) is 63.2 Å². The van der Waals surface area contributed by atoms with E-state index in [9.17, 15) is 22.8 Å². The predicted molar refractivity (Wildman–Crippen MR) is 136 cm³/mol. The van der Waals surface area contributed by atoms with Gasteiger partial charge in [0, 0.05) is 68.0 Å². The molecule has 12 heteroatoms. The van der Waals surface area contributed by atoms with E-state index >= 15 is 0 Å². The molecule has 1 fully saturated rings. The number of hydrogen-bond donors (Lipinski definition) is 2. The third kappa shape index (κ3) is 6.11. The van der Waals surface area contributed by atoms with E-state index < -0.39 is 11.7 Å². The number of alkyl halides is 3. The van der Waals surface area contributed by atoms with E-state index in [1.165, 1.54) is 0 Å². The van der Waals surface area contributed by atoms with Gasteiger partial charge in [0.05, 0.1) is 16.6 Å². The summed E-state index contributed by atoms with van der Waals surface area (Å²) >= 11 is 0. The lowest BCUT2D eigenvalue weighted by atomic mass is 10.0. The Balaban J connectivity index is 1.34. The average molecular weight is 528 g/mol. The lowest BCUT2D eigenvalue weighted by Crippen LogP contribution is -2.50. The number of carbonyl (C=O) groups excluding carboxylic acids is 1. The predicted octanol–water partition coefficient (Wildman–Crippen LogP) is 2.88. The van der Waals surface area contributed by atoms with Crippen molar-refractivity contribution in [3.05, 3.63) is 57.8 Å². The third-order valence-electron chi connectivity index (χ3n) is 6.39. The second kappa shape index (κ2) is 11.2. The minimum atomic E-state index is -4.49. The summed E-state index contributed by atoms with van der Waals surface area (Å²) in [4.78, 5) is 36.3. The summed E-state index contributed by atoms with van der Waals surface area (Å²) in [7, 11) is 0. The molecule has 1 aliphatic rings. The van der Waals surface area contributed by atoms with E-state index in [0.717, 1.165) is 18.0 Å². The van der Waals surface area contributed by atoms with Crippen molar-refractivity contribution < 1.29 is 18.0 Å². The van der Waals surface area contributed by atoms with Crippen LogP contribution in [0.5, 0.6) is 0 Å². The molecule has 4 rings (SSSR count). The van der Waals surface area contributed by atoms with Crippen molar-refractivity contribution in [1.82, 2.24) is 30.4 Å². The highest BCUT2D eigenvalue weighted by atomic mass is 19.4. The second-order valence-electron chi connectivity index (χ2n) is 9.20. The van der Waals surface area contributed by atoms with Crippen LogP contribution in [0.4, 0.5) is 19.1 Å². The number of anilines is 1. The number of nitrogens with one attached hydrogen (secondary N) is 2. The third-order valence-corrected chi connectivity index (χ3v) is 6.39. The number of fused-ring (bicyclic) bond motifs is 1. The van der Waals surface area contributed by atoms with Gasteiger partial charge in [0.2, 0.25) is 11.9 Å². The maximum atomic E-state index is 12.9. The summed E-state index contributed by atoms with van der Waals surface area (Å²) in [6.45, 7) is 7.24. The summed E-state index contributed by atoms with van der Waals surface area (Å²) in [6.07, 6.45) is -2.70. The Hall–Kier alpha value is -3.98.